The van der Waals surface area contributed by atoms with Gasteiger partial charge in [-0.1, -0.05) is 0 Å². The number of benzene rings is 1. The lowest BCUT2D eigenvalue weighted by Crippen LogP contribution is -2.37. The van der Waals surface area contributed by atoms with Gasteiger partial charge in [0.25, 0.3) is 0 Å². The molecule has 110 valence electrons. The summed E-state index contributed by atoms with van der Waals surface area (Å²) in [6.07, 6.45) is 1.06. The number of nitrogens with one attached hydrogen (secondary N) is 1. The van der Waals surface area contributed by atoms with Crippen molar-refractivity contribution in [3.63, 3.8) is 0 Å². The summed E-state index contributed by atoms with van der Waals surface area (Å²) in [5.74, 6) is 0. The van der Waals surface area contributed by atoms with Gasteiger partial charge >= 0.3 is 0 Å². The minimum atomic E-state index is -3.66. The van der Waals surface area contributed by atoms with E-state index in [2.05, 4.69) is 4.72 Å². The molecule has 0 fully saturated rings. The van der Waals surface area contributed by atoms with Crippen molar-refractivity contribution in [1.82, 2.24) is 4.72 Å². The smallest absolute Gasteiger partial charge is 0.240 e. The van der Waals surface area contributed by atoms with Gasteiger partial charge in [-0.05, 0) is 31.2 Å². The predicted molar refractivity (Wildman–Crippen MR) is 75.6 cm³/mol. The van der Waals surface area contributed by atoms with Gasteiger partial charge in [0.1, 0.15) is 0 Å². The van der Waals surface area contributed by atoms with E-state index >= 15 is 0 Å². The van der Waals surface area contributed by atoms with Gasteiger partial charge in [-0.3, -0.25) is 0 Å². The first kappa shape index (κ1) is 18.3. The molecule has 9 heteroatoms. The quantitative estimate of drug-likeness (QED) is 0.799. The fourth-order valence-corrected chi connectivity index (χ4v) is 3.13. The lowest BCUT2D eigenvalue weighted by molar-refractivity contribution is 0.562. The summed E-state index contributed by atoms with van der Waals surface area (Å²) in [5, 5.41) is 0. The van der Waals surface area contributed by atoms with Crippen LogP contribution in [-0.4, -0.2) is 35.7 Å². The highest BCUT2D eigenvalue weighted by Gasteiger charge is 2.17. The molecule has 19 heavy (non-hydrogen) atoms. The van der Waals surface area contributed by atoms with Crippen LogP contribution in [0, 0.1) is 0 Å². The Morgan fingerprint density at radius 2 is 1.53 bits per heavy atom. The lowest BCUT2D eigenvalue weighted by Gasteiger charge is -2.12. The highest BCUT2D eigenvalue weighted by molar-refractivity contribution is 7.90. The fourth-order valence-electron chi connectivity index (χ4n) is 1.25. The first-order valence-electron chi connectivity index (χ1n) is 5.19. The molecule has 0 aliphatic carbocycles. The zero-order valence-electron chi connectivity index (χ0n) is 10.5. The molecular formula is C10H17ClN2O4S2. The van der Waals surface area contributed by atoms with Crippen LogP contribution in [0.3, 0.4) is 0 Å². The minimum absolute atomic E-state index is 0. The topological polar surface area (TPSA) is 106 Å². The highest BCUT2D eigenvalue weighted by Crippen LogP contribution is 2.14. The van der Waals surface area contributed by atoms with Gasteiger partial charge in [0.15, 0.2) is 9.84 Å². The van der Waals surface area contributed by atoms with Gasteiger partial charge in [0.2, 0.25) is 10.0 Å². The molecule has 0 saturated carbocycles. The van der Waals surface area contributed by atoms with Crippen LogP contribution < -0.4 is 10.5 Å². The average Bonchev–Trinajstić information content (AvgIpc) is 2.27. The van der Waals surface area contributed by atoms with Gasteiger partial charge in [0.05, 0.1) is 9.79 Å². The Hall–Kier alpha value is -0.670. The number of hydrogen-bond donors (Lipinski definition) is 2. The first-order chi connectivity index (χ1) is 8.16. The Morgan fingerprint density at radius 3 is 1.89 bits per heavy atom. The lowest BCUT2D eigenvalue weighted by atomic mass is 10.4. The number of hydrogen-bond acceptors (Lipinski definition) is 5. The summed E-state index contributed by atoms with van der Waals surface area (Å²) in [4.78, 5) is 0.0866. The third-order valence-corrected chi connectivity index (χ3v) is 5.01. The number of sulfonamides is 1. The van der Waals surface area contributed by atoms with E-state index < -0.39 is 19.9 Å². The molecule has 6 nitrogen and oxygen atoms in total. The normalized spacial score (nSPS) is 13.6. The van der Waals surface area contributed by atoms with E-state index in [9.17, 15) is 16.8 Å². The van der Waals surface area contributed by atoms with Crippen molar-refractivity contribution in [2.75, 3.05) is 12.8 Å². The second-order valence-electron chi connectivity index (χ2n) is 4.00. The SMILES string of the molecule is C[C@@H](CN)NS(=O)(=O)c1ccc(S(C)(=O)=O)cc1.Cl. The van der Waals surface area contributed by atoms with Crippen molar-refractivity contribution in [2.24, 2.45) is 5.73 Å². The second-order valence-corrected chi connectivity index (χ2v) is 7.73. The molecule has 1 atom stereocenters. The van der Waals surface area contributed by atoms with E-state index in [1.54, 1.807) is 6.92 Å². The van der Waals surface area contributed by atoms with Gasteiger partial charge in [-0.2, -0.15) is 0 Å². The van der Waals surface area contributed by atoms with Crippen molar-refractivity contribution in [2.45, 2.75) is 22.8 Å². The van der Waals surface area contributed by atoms with E-state index in [0.29, 0.717) is 0 Å². The molecule has 0 amide bonds. The summed E-state index contributed by atoms with van der Waals surface area (Å²) >= 11 is 0. The van der Waals surface area contributed by atoms with Crippen molar-refractivity contribution < 1.29 is 16.8 Å². The molecule has 0 saturated heterocycles. The summed E-state index contributed by atoms with van der Waals surface area (Å²) < 4.78 is 48.5. The number of rotatable bonds is 5. The molecule has 0 aliphatic rings. The molecule has 0 bridgehead atoms. The van der Waals surface area contributed by atoms with Crippen molar-refractivity contribution in [3.05, 3.63) is 24.3 Å². The first-order valence-corrected chi connectivity index (χ1v) is 8.57. The highest BCUT2D eigenvalue weighted by atomic mass is 35.5. The monoisotopic (exact) mass is 328 g/mol. The van der Waals surface area contributed by atoms with Crippen molar-refractivity contribution in [1.29, 1.82) is 0 Å². The van der Waals surface area contributed by atoms with Crippen molar-refractivity contribution >= 4 is 32.3 Å². The molecule has 0 spiro atoms. The zero-order valence-corrected chi connectivity index (χ0v) is 13.0. The average molecular weight is 329 g/mol. The third kappa shape index (κ3) is 5.07. The van der Waals surface area contributed by atoms with Crippen LogP contribution in [-0.2, 0) is 19.9 Å². The molecule has 1 aromatic carbocycles. The molecule has 0 radical (unpaired) electrons. The Balaban J connectivity index is 0.00000324. The maximum atomic E-state index is 11.8. The summed E-state index contributed by atoms with van der Waals surface area (Å²) in [7, 11) is -6.99. The summed E-state index contributed by atoms with van der Waals surface area (Å²) in [5.41, 5.74) is 5.33. The maximum absolute atomic E-state index is 11.8. The van der Waals surface area contributed by atoms with E-state index in [0.717, 1.165) is 6.26 Å². The van der Waals surface area contributed by atoms with Crippen LogP contribution in [0.1, 0.15) is 6.92 Å². The van der Waals surface area contributed by atoms with Gasteiger partial charge in [0, 0.05) is 18.8 Å². The van der Waals surface area contributed by atoms with Crippen LogP contribution in [0.5, 0.6) is 0 Å². The standard InChI is InChI=1S/C10H16N2O4S2.ClH/c1-8(7-11)12-18(15,16)10-5-3-9(4-6-10)17(2,13)14;/h3-6,8,12H,7,11H2,1-2H3;1H/t8-;/m0./s1. The Bertz CT molecular complexity index is 611. The van der Waals surface area contributed by atoms with Crippen LogP contribution in [0.15, 0.2) is 34.1 Å². The summed E-state index contributed by atoms with van der Waals surface area (Å²) in [6.45, 7) is 1.82. The van der Waals surface area contributed by atoms with Crippen LogP contribution in [0.4, 0.5) is 0 Å². The molecule has 3 N–H and O–H groups in total. The Morgan fingerprint density at radius 1 is 1.11 bits per heavy atom. The summed E-state index contributed by atoms with van der Waals surface area (Å²) in [6, 6.07) is 4.64. The third-order valence-electron chi connectivity index (χ3n) is 2.27. The fraction of sp³-hybridized carbons (Fsp3) is 0.400. The predicted octanol–water partition coefficient (Wildman–Crippen LogP) is 0.137. The number of halogens is 1. The van der Waals surface area contributed by atoms with E-state index in [-0.39, 0.29) is 34.8 Å². The van der Waals surface area contributed by atoms with Crippen molar-refractivity contribution in [3.8, 4) is 0 Å². The maximum Gasteiger partial charge on any atom is 0.240 e. The van der Waals surface area contributed by atoms with E-state index in [4.69, 9.17) is 5.73 Å². The largest absolute Gasteiger partial charge is 0.329 e. The molecule has 0 unspecified atom stereocenters. The minimum Gasteiger partial charge on any atom is -0.329 e. The molecule has 1 aromatic rings. The molecule has 0 heterocycles. The molecule has 0 aromatic heterocycles. The number of sulfone groups is 1. The molecular weight excluding hydrogens is 312 g/mol. The molecule has 0 aliphatic heterocycles. The van der Waals surface area contributed by atoms with Crippen LogP contribution >= 0.6 is 12.4 Å². The number of nitrogens with two attached hydrogens (primary N) is 1. The van der Waals surface area contributed by atoms with Gasteiger partial charge < -0.3 is 5.73 Å². The van der Waals surface area contributed by atoms with E-state index in [1.165, 1.54) is 24.3 Å². The zero-order chi connectivity index (χ0) is 14.0. The van der Waals surface area contributed by atoms with Gasteiger partial charge in [-0.15, -0.1) is 12.4 Å². The van der Waals surface area contributed by atoms with Crippen LogP contribution in [0.25, 0.3) is 0 Å². The molecule has 1 rings (SSSR count). The Labute approximate surface area is 119 Å². The second kappa shape index (κ2) is 6.67. The van der Waals surface area contributed by atoms with Gasteiger partial charge in [-0.25, -0.2) is 21.6 Å². The van der Waals surface area contributed by atoms with E-state index in [1.807, 2.05) is 0 Å². The Kier molecular flexibility index (Phi) is 6.43. The van der Waals surface area contributed by atoms with Crippen LogP contribution in [0.2, 0.25) is 0 Å².